The predicted molar refractivity (Wildman–Crippen MR) is 59.9 cm³/mol. The number of amidine groups is 2. The molecule has 5 N–H and O–H groups in total. The lowest BCUT2D eigenvalue weighted by molar-refractivity contribution is 0.631. The van der Waals surface area contributed by atoms with Crippen LogP contribution < -0.4 is 16.6 Å². The number of nitrogens with two attached hydrogens (primary N) is 1. The summed E-state index contributed by atoms with van der Waals surface area (Å²) in [5.74, 6) is -0.366. The molecule has 7 heteroatoms. The van der Waals surface area contributed by atoms with Crippen LogP contribution in [0.25, 0.3) is 0 Å². The Bertz CT molecular complexity index is 493. The van der Waals surface area contributed by atoms with E-state index in [4.69, 9.17) is 11.1 Å². The van der Waals surface area contributed by atoms with Gasteiger partial charge in [-0.15, -0.1) is 0 Å². The Balaban J connectivity index is 2.18. The first kappa shape index (κ1) is 10.1. The van der Waals surface area contributed by atoms with Gasteiger partial charge in [0.2, 0.25) is 0 Å². The fourth-order valence-corrected chi connectivity index (χ4v) is 1.13. The number of hydrogen-bond donors (Lipinski definition) is 4. The summed E-state index contributed by atoms with van der Waals surface area (Å²) in [7, 11) is 0. The molecule has 6 nitrogen and oxygen atoms in total. The number of hydrogen-bond acceptors (Lipinski definition) is 5. The third-order valence-electron chi connectivity index (χ3n) is 1.93. The van der Waals surface area contributed by atoms with Gasteiger partial charge >= 0.3 is 0 Å². The van der Waals surface area contributed by atoms with Crippen LogP contribution in [0.1, 0.15) is 0 Å². The third-order valence-corrected chi connectivity index (χ3v) is 1.93. The first-order valence-corrected chi connectivity index (χ1v) is 4.45. The number of nitrogens with zero attached hydrogens (tertiary/aromatic N) is 2. The normalized spacial score (nSPS) is 17.2. The van der Waals surface area contributed by atoms with Crippen molar-refractivity contribution < 1.29 is 4.39 Å². The second-order valence-electron chi connectivity index (χ2n) is 3.04. The van der Waals surface area contributed by atoms with E-state index in [9.17, 15) is 4.39 Å². The van der Waals surface area contributed by atoms with Crippen molar-refractivity contribution in [2.45, 2.75) is 0 Å². The van der Waals surface area contributed by atoms with Crippen molar-refractivity contribution in [2.24, 2.45) is 15.9 Å². The highest BCUT2D eigenvalue weighted by atomic mass is 19.1. The average molecular weight is 220 g/mol. The summed E-state index contributed by atoms with van der Waals surface area (Å²) < 4.78 is 13.2. The topological polar surface area (TPSA) is 98.7 Å². The van der Waals surface area contributed by atoms with E-state index in [1.165, 1.54) is 12.1 Å². The lowest BCUT2D eigenvalue weighted by Crippen LogP contribution is -2.28. The van der Waals surface area contributed by atoms with Crippen molar-refractivity contribution in [3.8, 4) is 0 Å². The minimum absolute atomic E-state index is 0.0265. The van der Waals surface area contributed by atoms with Crippen LogP contribution in [0.2, 0.25) is 0 Å². The quantitative estimate of drug-likeness (QED) is 0.544. The first-order chi connectivity index (χ1) is 7.68. The maximum absolute atomic E-state index is 13.2. The highest BCUT2D eigenvalue weighted by Gasteiger charge is 2.18. The van der Waals surface area contributed by atoms with Crippen molar-refractivity contribution in [1.29, 1.82) is 5.41 Å². The van der Waals surface area contributed by atoms with Crippen LogP contribution >= 0.6 is 0 Å². The lowest BCUT2D eigenvalue weighted by Gasteiger charge is -2.02. The van der Waals surface area contributed by atoms with Crippen molar-refractivity contribution in [3.63, 3.8) is 0 Å². The van der Waals surface area contributed by atoms with E-state index in [1.54, 1.807) is 12.1 Å². The van der Waals surface area contributed by atoms with Gasteiger partial charge in [0, 0.05) is 0 Å². The van der Waals surface area contributed by atoms with Crippen molar-refractivity contribution >= 4 is 23.1 Å². The second-order valence-corrected chi connectivity index (χ2v) is 3.04. The SMILES string of the molecule is N=C1NN=C(N)/C1=N/Nc1ccccc1F. The summed E-state index contributed by atoms with van der Waals surface area (Å²) in [5, 5.41) is 14.8. The largest absolute Gasteiger partial charge is 0.380 e. The highest BCUT2D eigenvalue weighted by Crippen LogP contribution is 2.12. The molecule has 0 saturated heterocycles. The van der Waals surface area contributed by atoms with Gasteiger partial charge in [0.05, 0.1) is 5.69 Å². The summed E-state index contributed by atoms with van der Waals surface area (Å²) in [5.41, 5.74) is 10.7. The molecule has 0 fully saturated rings. The van der Waals surface area contributed by atoms with Gasteiger partial charge in [-0.1, -0.05) is 12.1 Å². The summed E-state index contributed by atoms with van der Waals surface area (Å²) in [6.07, 6.45) is 0. The number of rotatable bonds is 2. The van der Waals surface area contributed by atoms with E-state index in [-0.39, 0.29) is 23.1 Å². The monoisotopic (exact) mass is 220 g/mol. The number of para-hydroxylation sites is 1. The average Bonchev–Trinajstić information content (AvgIpc) is 2.58. The van der Waals surface area contributed by atoms with Gasteiger partial charge in [-0.05, 0) is 12.1 Å². The Morgan fingerprint density at radius 2 is 2.19 bits per heavy atom. The zero-order chi connectivity index (χ0) is 11.5. The summed E-state index contributed by atoms with van der Waals surface area (Å²) in [4.78, 5) is 0. The van der Waals surface area contributed by atoms with Gasteiger partial charge in [0.15, 0.2) is 17.4 Å². The molecular formula is C9H9FN6. The van der Waals surface area contributed by atoms with Gasteiger partial charge in [0.25, 0.3) is 0 Å². The predicted octanol–water partition coefficient (Wildman–Crippen LogP) is 0.446. The third kappa shape index (κ3) is 1.83. The van der Waals surface area contributed by atoms with E-state index in [0.717, 1.165) is 0 Å². The standard InChI is InChI=1S/C9H9FN6/c10-5-3-1-2-4-6(5)13-14-7-8(11)15-16-9(7)12/h1-4,13H,(H4,11,12,14,15,16). The molecule has 82 valence electrons. The van der Waals surface area contributed by atoms with Crippen LogP contribution in [0, 0.1) is 11.2 Å². The zero-order valence-electron chi connectivity index (χ0n) is 8.16. The molecular weight excluding hydrogens is 211 g/mol. The second kappa shape index (κ2) is 3.97. The number of hydrazone groups is 2. The van der Waals surface area contributed by atoms with Crippen molar-refractivity contribution in [3.05, 3.63) is 30.1 Å². The number of nitrogens with one attached hydrogen (secondary N) is 3. The maximum atomic E-state index is 13.2. The molecule has 1 heterocycles. The van der Waals surface area contributed by atoms with E-state index in [0.29, 0.717) is 0 Å². The van der Waals surface area contributed by atoms with Gasteiger partial charge in [-0.2, -0.15) is 10.2 Å². The minimum atomic E-state index is -0.431. The van der Waals surface area contributed by atoms with Gasteiger partial charge < -0.3 is 5.73 Å². The number of anilines is 1. The lowest BCUT2D eigenvalue weighted by atomic mass is 10.3. The van der Waals surface area contributed by atoms with E-state index >= 15 is 0 Å². The molecule has 16 heavy (non-hydrogen) atoms. The molecule has 0 bridgehead atoms. The van der Waals surface area contributed by atoms with Crippen LogP contribution in [-0.2, 0) is 0 Å². The fraction of sp³-hybridized carbons (Fsp3) is 0. The van der Waals surface area contributed by atoms with E-state index in [2.05, 4.69) is 21.1 Å². The van der Waals surface area contributed by atoms with Crippen LogP contribution in [0.15, 0.2) is 34.5 Å². The Morgan fingerprint density at radius 3 is 2.81 bits per heavy atom. The summed E-state index contributed by atoms with van der Waals surface area (Å²) >= 11 is 0. The fourth-order valence-electron chi connectivity index (χ4n) is 1.13. The van der Waals surface area contributed by atoms with Crippen LogP contribution in [0.3, 0.4) is 0 Å². The molecule has 0 aromatic heterocycles. The smallest absolute Gasteiger partial charge is 0.175 e. The Kier molecular flexibility index (Phi) is 2.50. The Morgan fingerprint density at radius 1 is 1.44 bits per heavy atom. The van der Waals surface area contributed by atoms with Crippen molar-refractivity contribution in [1.82, 2.24) is 5.43 Å². The van der Waals surface area contributed by atoms with Crippen LogP contribution in [0.4, 0.5) is 10.1 Å². The molecule has 1 aromatic carbocycles. The van der Waals surface area contributed by atoms with Crippen molar-refractivity contribution in [2.75, 3.05) is 5.43 Å². The van der Waals surface area contributed by atoms with Crippen LogP contribution in [-0.4, -0.2) is 17.4 Å². The molecule has 0 amide bonds. The molecule has 0 spiro atoms. The molecule has 0 aliphatic carbocycles. The summed E-state index contributed by atoms with van der Waals surface area (Å²) in [6.45, 7) is 0. The number of halogens is 1. The maximum Gasteiger partial charge on any atom is 0.175 e. The van der Waals surface area contributed by atoms with E-state index in [1.807, 2.05) is 0 Å². The molecule has 0 atom stereocenters. The molecule has 1 aromatic rings. The van der Waals surface area contributed by atoms with Gasteiger partial charge in [-0.3, -0.25) is 16.3 Å². The van der Waals surface area contributed by atoms with Gasteiger partial charge in [0.1, 0.15) is 5.82 Å². The molecule has 1 aliphatic rings. The first-order valence-electron chi connectivity index (χ1n) is 4.45. The number of benzene rings is 1. The molecule has 1 aliphatic heterocycles. The Labute approximate surface area is 90.5 Å². The molecule has 0 saturated carbocycles. The van der Waals surface area contributed by atoms with Crippen LogP contribution in [0.5, 0.6) is 0 Å². The zero-order valence-corrected chi connectivity index (χ0v) is 8.16. The van der Waals surface area contributed by atoms with E-state index < -0.39 is 5.82 Å². The Hall–Kier alpha value is -2.44. The molecule has 0 radical (unpaired) electrons. The van der Waals surface area contributed by atoms with Gasteiger partial charge in [-0.25, -0.2) is 4.39 Å². The molecule has 2 rings (SSSR count). The highest BCUT2D eigenvalue weighted by molar-refractivity contribution is 6.68. The minimum Gasteiger partial charge on any atom is -0.380 e. The summed E-state index contributed by atoms with van der Waals surface area (Å²) in [6, 6.07) is 6.07. The molecule has 0 unspecified atom stereocenters.